The summed E-state index contributed by atoms with van der Waals surface area (Å²) in [7, 11) is -4.35. The summed E-state index contributed by atoms with van der Waals surface area (Å²) in [5.41, 5.74) is -1.01. The third-order valence-electron chi connectivity index (χ3n) is 2.27. The van der Waals surface area contributed by atoms with Crippen molar-refractivity contribution in [3.63, 3.8) is 0 Å². The van der Waals surface area contributed by atoms with Crippen molar-refractivity contribution in [2.45, 2.75) is 18.0 Å². The van der Waals surface area contributed by atoms with E-state index >= 15 is 0 Å². The molecule has 1 amide bonds. The van der Waals surface area contributed by atoms with E-state index in [1.54, 1.807) is 0 Å². The summed E-state index contributed by atoms with van der Waals surface area (Å²) in [6, 6.07) is 2.62. The second-order valence-electron chi connectivity index (χ2n) is 3.47. The van der Waals surface area contributed by atoms with E-state index in [1.807, 2.05) is 0 Å². The molecule has 0 aliphatic rings. The molecule has 0 saturated heterocycles. The molecule has 0 radical (unpaired) electrons. The normalized spacial score (nSPS) is 12.2. The molecule has 1 aromatic rings. The Kier molecular flexibility index (Phi) is 4.09. The molecule has 1 aromatic carbocycles. The molecule has 19 heavy (non-hydrogen) atoms. The average molecular weight is 297 g/mol. The lowest BCUT2D eigenvalue weighted by molar-refractivity contribution is -0.137. The van der Waals surface area contributed by atoms with Gasteiger partial charge in [0.2, 0.25) is 0 Å². The second-order valence-corrected chi connectivity index (χ2v) is 5.34. The van der Waals surface area contributed by atoms with Gasteiger partial charge in [0.1, 0.15) is 0 Å². The van der Waals surface area contributed by atoms with Gasteiger partial charge in [-0.1, -0.05) is 0 Å². The minimum Gasteiger partial charge on any atom is -0.464 e. The molecule has 106 valence electrons. The number of hydrogen-bond acceptors (Lipinski definition) is 3. The summed E-state index contributed by atoms with van der Waals surface area (Å²) < 4.78 is 60.8. The third kappa shape index (κ3) is 3.16. The largest absolute Gasteiger partial charge is 0.464 e. The number of amides is 1. The van der Waals surface area contributed by atoms with E-state index in [1.165, 1.54) is 6.92 Å². The number of nitrogens with zero attached hydrogens (tertiary/aromatic N) is 1. The van der Waals surface area contributed by atoms with Crippen molar-refractivity contribution >= 4 is 16.1 Å². The quantitative estimate of drug-likeness (QED) is 0.929. The fourth-order valence-electron chi connectivity index (χ4n) is 1.35. The Bertz CT molecular complexity index is 565. The van der Waals surface area contributed by atoms with Crippen molar-refractivity contribution in [3.8, 4) is 0 Å². The summed E-state index contributed by atoms with van der Waals surface area (Å²) in [6.07, 6.45) is -6.28. The maximum Gasteiger partial charge on any atom is 0.421 e. The molecule has 0 aromatic heterocycles. The summed E-state index contributed by atoms with van der Waals surface area (Å²) in [4.78, 5) is 10.2. The summed E-state index contributed by atoms with van der Waals surface area (Å²) >= 11 is 0. The zero-order chi connectivity index (χ0) is 14.8. The number of halogens is 3. The van der Waals surface area contributed by atoms with E-state index in [0.717, 1.165) is 12.1 Å². The highest BCUT2D eigenvalue weighted by atomic mass is 32.2. The van der Waals surface area contributed by atoms with Crippen LogP contribution in [0.4, 0.5) is 18.0 Å². The molecule has 0 unspecified atom stereocenters. The number of sulfonamides is 1. The lowest BCUT2D eigenvalue weighted by Gasteiger charge is -2.17. The Labute approximate surface area is 107 Å². The standard InChI is InChI=1S/C10H10F3NO4S/c1-2-14(9(15)16)19(17,18)8-5-3-7(4-6-8)10(11,12)13/h3-6H,2H2,1H3,(H,15,16). The number of carboxylic acid groups (broad SMARTS) is 1. The average Bonchev–Trinajstić information content (AvgIpc) is 2.28. The first kappa shape index (κ1) is 15.3. The van der Waals surface area contributed by atoms with Crippen LogP contribution in [-0.2, 0) is 16.2 Å². The van der Waals surface area contributed by atoms with Crippen molar-refractivity contribution in [2.75, 3.05) is 6.54 Å². The van der Waals surface area contributed by atoms with E-state index < -0.39 is 32.8 Å². The molecule has 0 heterocycles. The van der Waals surface area contributed by atoms with Crippen molar-refractivity contribution in [2.24, 2.45) is 0 Å². The zero-order valence-corrected chi connectivity index (χ0v) is 10.5. The number of hydrogen-bond donors (Lipinski definition) is 1. The van der Waals surface area contributed by atoms with Crippen LogP contribution in [0, 0.1) is 0 Å². The van der Waals surface area contributed by atoms with E-state index in [4.69, 9.17) is 5.11 Å². The Hall–Kier alpha value is -1.77. The predicted octanol–water partition coefficient (Wildman–Crippen LogP) is 2.39. The van der Waals surface area contributed by atoms with Crippen LogP contribution in [0.5, 0.6) is 0 Å². The Balaban J connectivity index is 3.20. The van der Waals surface area contributed by atoms with Gasteiger partial charge < -0.3 is 5.11 Å². The lowest BCUT2D eigenvalue weighted by atomic mass is 10.2. The van der Waals surface area contributed by atoms with E-state index in [-0.39, 0.29) is 10.8 Å². The van der Waals surface area contributed by atoms with Crippen LogP contribution in [0.3, 0.4) is 0 Å². The van der Waals surface area contributed by atoms with Crippen molar-refractivity contribution < 1.29 is 31.5 Å². The summed E-state index contributed by atoms with van der Waals surface area (Å²) in [5, 5.41) is 8.72. The van der Waals surface area contributed by atoms with Crippen LogP contribution in [0.1, 0.15) is 12.5 Å². The molecule has 0 aliphatic carbocycles. The maximum atomic E-state index is 12.3. The second kappa shape index (κ2) is 5.08. The van der Waals surface area contributed by atoms with Crippen molar-refractivity contribution in [3.05, 3.63) is 29.8 Å². The van der Waals surface area contributed by atoms with Gasteiger partial charge in [0, 0.05) is 6.54 Å². The smallest absolute Gasteiger partial charge is 0.421 e. The van der Waals surface area contributed by atoms with Crippen LogP contribution in [0.25, 0.3) is 0 Å². The fraction of sp³-hybridized carbons (Fsp3) is 0.300. The van der Waals surface area contributed by atoms with Gasteiger partial charge in [-0.25, -0.2) is 17.5 Å². The number of benzene rings is 1. The molecule has 5 nitrogen and oxygen atoms in total. The van der Waals surface area contributed by atoms with Crippen molar-refractivity contribution in [1.29, 1.82) is 0 Å². The fourth-order valence-corrected chi connectivity index (χ4v) is 2.63. The summed E-state index contributed by atoms with van der Waals surface area (Å²) in [5.74, 6) is 0. The Morgan fingerprint density at radius 2 is 1.74 bits per heavy atom. The third-order valence-corrected chi connectivity index (χ3v) is 4.13. The van der Waals surface area contributed by atoms with Crippen LogP contribution >= 0.6 is 0 Å². The molecule has 0 spiro atoms. The SMILES string of the molecule is CCN(C(=O)O)S(=O)(=O)c1ccc(C(F)(F)F)cc1. The lowest BCUT2D eigenvalue weighted by Crippen LogP contribution is -2.35. The van der Waals surface area contributed by atoms with Gasteiger partial charge in [-0.2, -0.15) is 13.2 Å². The van der Waals surface area contributed by atoms with Crippen LogP contribution in [0.15, 0.2) is 29.2 Å². The van der Waals surface area contributed by atoms with Gasteiger partial charge in [-0.15, -0.1) is 0 Å². The number of carbonyl (C=O) groups is 1. The van der Waals surface area contributed by atoms with Crippen LogP contribution in [-0.4, -0.2) is 30.5 Å². The summed E-state index contributed by atoms with van der Waals surface area (Å²) in [6.45, 7) is 0.967. The minimum atomic E-state index is -4.58. The first-order valence-corrected chi connectivity index (χ1v) is 6.47. The van der Waals surface area contributed by atoms with Crippen molar-refractivity contribution in [1.82, 2.24) is 4.31 Å². The highest BCUT2D eigenvalue weighted by Crippen LogP contribution is 2.30. The minimum absolute atomic E-state index is 0.148. The van der Waals surface area contributed by atoms with Crippen LogP contribution in [0.2, 0.25) is 0 Å². The first-order chi connectivity index (χ1) is 8.60. The van der Waals surface area contributed by atoms with Gasteiger partial charge in [0.05, 0.1) is 10.5 Å². The highest BCUT2D eigenvalue weighted by Gasteiger charge is 2.32. The van der Waals surface area contributed by atoms with Crippen LogP contribution < -0.4 is 0 Å². The number of alkyl halides is 3. The van der Waals surface area contributed by atoms with Gasteiger partial charge in [0.25, 0.3) is 10.0 Å². The molecule has 0 fully saturated rings. The van der Waals surface area contributed by atoms with Gasteiger partial charge >= 0.3 is 12.3 Å². The van der Waals surface area contributed by atoms with Gasteiger partial charge in [0.15, 0.2) is 0 Å². The molecule has 1 N–H and O–H groups in total. The van der Waals surface area contributed by atoms with Gasteiger partial charge in [-0.05, 0) is 31.2 Å². The number of rotatable bonds is 3. The topological polar surface area (TPSA) is 74.7 Å². The molecule has 0 bridgehead atoms. The Morgan fingerprint density at radius 1 is 1.26 bits per heavy atom. The van der Waals surface area contributed by atoms with E-state index in [9.17, 15) is 26.4 Å². The van der Waals surface area contributed by atoms with E-state index in [2.05, 4.69) is 0 Å². The Morgan fingerprint density at radius 3 is 2.05 bits per heavy atom. The highest BCUT2D eigenvalue weighted by molar-refractivity contribution is 7.89. The predicted molar refractivity (Wildman–Crippen MR) is 59.0 cm³/mol. The molecular formula is C10H10F3NO4S. The molecule has 0 saturated carbocycles. The van der Waals surface area contributed by atoms with Gasteiger partial charge in [-0.3, -0.25) is 0 Å². The van der Waals surface area contributed by atoms with E-state index in [0.29, 0.717) is 12.1 Å². The molecule has 9 heteroatoms. The first-order valence-electron chi connectivity index (χ1n) is 5.03. The maximum absolute atomic E-state index is 12.3. The molecule has 1 rings (SSSR count). The molecule has 0 aliphatic heterocycles. The monoisotopic (exact) mass is 297 g/mol. The molecule has 0 atom stereocenters. The zero-order valence-electron chi connectivity index (χ0n) is 9.68. The molecular weight excluding hydrogens is 287 g/mol.